The van der Waals surface area contributed by atoms with Crippen LogP contribution in [0.3, 0.4) is 0 Å². The molecule has 0 unspecified atom stereocenters. The fourth-order valence-corrected chi connectivity index (χ4v) is 4.48. The Hall–Kier alpha value is -3.52. The molecule has 0 spiro atoms. The third-order valence-electron chi connectivity index (χ3n) is 6.34. The van der Waals surface area contributed by atoms with Crippen molar-refractivity contribution < 1.29 is 0 Å². The molecule has 8 heteroatoms. The standard InChI is InChI=1S/C26H31N7O/c1-5-32-24(34)21-16-29-25(30-19-7-6-17-8-11-27-12-9-18(17)14-19)31-23(21)33(32)20-10-13-28-22(15-20)26(2,3)4/h6-7,10,13-16,27H,5,8-9,11-12H2,1-4H3,(H,29,30,31). The van der Waals surface area contributed by atoms with E-state index >= 15 is 0 Å². The predicted octanol–water partition coefficient (Wildman–Crippen LogP) is 3.73. The number of anilines is 2. The van der Waals surface area contributed by atoms with Crippen LogP contribution in [-0.4, -0.2) is 37.4 Å². The largest absolute Gasteiger partial charge is 0.324 e. The Labute approximate surface area is 199 Å². The van der Waals surface area contributed by atoms with E-state index in [-0.39, 0.29) is 11.0 Å². The second-order valence-electron chi connectivity index (χ2n) is 9.77. The van der Waals surface area contributed by atoms with Crippen molar-refractivity contribution in [2.24, 2.45) is 0 Å². The Kier molecular flexibility index (Phi) is 5.69. The van der Waals surface area contributed by atoms with Crippen molar-refractivity contribution in [1.29, 1.82) is 0 Å². The van der Waals surface area contributed by atoms with Crippen LogP contribution in [0.5, 0.6) is 0 Å². The molecule has 1 aliphatic heterocycles. The molecule has 4 heterocycles. The van der Waals surface area contributed by atoms with E-state index in [4.69, 9.17) is 4.98 Å². The average Bonchev–Trinajstić information content (AvgIpc) is 2.95. The molecule has 0 fully saturated rings. The summed E-state index contributed by atoms with van der Waals surface area (Å²) >= 11 is 0. The molecular weight excluding hydrogens is 426 g/mol. The molecule has 8 nitrogen and oxygen atoms in total. The van der Waals surface area contributed by atoms with Gasteiger partial charge < -0.3 is 10.6 Å². The van der Waals surface area contributed by atoms with Crippen molar-refractivity contribution >= 4 is 22.7 Å². The second kappa shape index (κ2) is 8.68. The van der Waals surface area contributed by atoms with Gasteiger partial charge in [-0.05, 0) is 68.2 Å². The van der Waals surface area contributed by atoms with Crippen molar-refractivity contribution in [2.45, 2.75) is 52.5 Å². The quantitative estimate of drug-likeness (QED) is 0.485. The molecule has 0 saturated carbocycles. The normalized spacial score (nSPS) is 14.1. The van der Waals surface area contributed by atoms with Crippen LogP contribution in [0, 0.1) is 0 Å². The number of pyridine rings is 1. The van der Waals surface area contributed by atoms with Crippen LogP contribution >= 0.6 is 0 Å². The molecule has 0 radical (unpaired) electrons. The van der Waals surface area contributed by atoms with E-state index in [1.807, 2.05) is 23.7 Å². The van der Waals surface area contributed by atoms with Crippen LogP contribution in [0.25, 0.3) is 16.7 Å². The van der Waals surface area contributed by atoms with Crippen molar-refractivity contribution in [3.05, 3.63) is 69.9 Å². The molecule has 3 aromatic heterocycles. The summed E-state index contributed by atoms with van der Waals surface area (Å²) in [6.07, 6.45) is 5.45. The summed E-state index contributed by atoms with van der Waals surface area (Å²) in [5, 5.41) is 7.29. The first-order chi connectivity index (χ1) is 16.3. The summed E-state index contributed by atoms with van der Waals surface area (Å²) in [4.78, 5) is 26.9. The summed E-state index contributed by atoms with van der Waals surface area (Å²) in [6.45, 7) is 10.8. The summed E-state index contributed by atoms with van der Waals surface area (Å²) in [5.41, 5.74) is 5.85. The van der Waals surface area contributed by atoms with Gasteiger partial charge in [0.15, 0.2) is 5.65 Å². The van der Waals surface area contributed by atoms with Crippen molar-refractivity contribution in [3.8, 4) is 5.69 Å². The molecule has 5 rings (SSSR count). The minimum atomic E-state index is -0.112. The zero-order chi connectivity index (χ0) is 23.9. The molecule has 4 aromatic rings. The smallest absolute Gasteiger partial charge is 0.278 e. The maximum absolute atomic E-state index is 13.1. The highest BCUT2D eigenvalue weighted by Crippen LogP contribution is 2.25. The van der Waals surface area contributed by atoms with Crippen LogP contribution in [0.2, 0.25) is 0 Å². The van der Waals surface area contributed by atoms with Gasteiger partial charge in [-0.25, -0.2) is 14.3 Å². The highest BCUT2D eigenvalue weighted by atomic mass is 16.1. The van der Waals surface area contributed by atoms with Gasteiger partial charge in [0.1, 0.15) is 5.39 Å². The van der Waals surface area contributed by atoms with Crippen LogP contribution in [0.1, 0.15) is 44.5 Å². The number of rotatable bonds is 4. The highest BCUT2D eigenvalue weighted by Gasteiger charge is 2.20. The van der Waals surface area contributed by atoms with Crippen molar-refractivity contribution in [1.82, 2.24) is 29.6 Å². The number of hydrogen-bond acceptors (Lipinski definition) is 6. The zero-order valence-corrected chi connectivity index (χ0v) is 20.2. The van der Waals surface area contributed by atoms with Gasteiger partial charge in [-0.2, -0.15) is 4.98 Å². The highest BCUT2D eigenvalue weighted by molar-refractivity contribution is 5.77. The fraction of sp³-hybridized carbons (Fsp3) is 0.385. The number of aromatic nitrogens is 5. The molecule has 1 aliphatic rings. The fourth-order valence-electron chi connectivity index (χ4n) is 4.48. The first kappa shape index (κ1) is 22.3. The maximum Gasteiger partial charge on any atom is 0.278 e. The van der Waals surface area contributed by atoms with E-state index < -0.39 is 0 Å². The van der Waals surface area contributed by atoms with Crippen LogP contribution in [0.15, 0.2) is 47.5 Å². The van der Waals surface area contributed by atoms with E-state index in [0.717, 1.165) is 43.0 Å². The Bertz CT molecular complexity index is 1410. The molecule has 2 N–H and O–H groups in total. The van der Waals surface area contributed by atoms with Gasteiger partial charge in [0.2, 0.25) is 5.95 Å². The number of hydrogen-bond donors (Lipinski definition) is 2. The lowest BCUT2D eigenvalue weighted by Gasteiger charge is -2.19. The average molecular weight is 458 g/mol. The van der Waals surface area contributed by atoms with Crippen molar-refractivity contribution in [2.75, 3.05) is 18.4 Å². The third-order valence-corrected chi connectivity index (χ3v) is 6.34. The molecule has 1 aromatic carbocycles. The van der Waals surface area contributed by atoms with Gasteiger partial charge in [-0.15, -0.1) is 0 Å². The third kappa shape index (κ3) is 4.09. The maximum atomic E-state index is 13.1. The molecule has 34 heavy (non-hydrogen) atoms. The summed E-state index contributed by atoms with van der Waals surface area (Å²) in [5.74, 6) is 0.464. The molecule has 176 valence electrons. The zero-order valence-electron chi connectivity index (χ0n) is 20.2. The minimum Gasteiger partial charge on any atom is -0.324 e. The Morgan fingerprint density at radius 2 is 1.85 bits per heavy atom. The SMILES string of the molecule is CCn1c(=O)c2cnc(Nc3ccc4c(c3)CCNCC4)nc2n1-c1ccnc(C(C)(C)C)c1. The molecule has 0 saturated heterocycles. The molecule has 0 aliphatic carbocycles. The van der Waals surface area contributed by atoms with E-state index in [1.54, 1.807) is 17.1 Å². The lowest BCUT2D eigenvalue weighted by molar-refractivity contribution is 0.557. The van der Waals surface area contributed by atoms with Crippen LogP contribution in [0.4, 0.5) is 11.6 Å². The Morgan fingerprint density at radius 1 is 1.06 bits per heavy atom. The van der Waals surface area contributed by atoms with Gasteiger partial charge >= 0.3 is 0 Å². The van der Waals surface area contributed by atoms with Gasteiger partial charge in [-0.3, -0.25) is 9.78 Å². The van der Waals surface area contributed by atoms with Gasteiger partial charge in [0.25, 0.3) is 5.56 Å². The number of nitrogens with one attached hydrogen (secondary N) is 2. The monoisotopic (exact) mass is 457 g/mol. The molecule has 0 bridgehead atoms. The van der Waals surface area contributed by atoms with E-state index in [2.05, 4.69) is 59.6 Å². The van der Waals surface area contributed by atoms with Gasteiger partial charge in [0.05, 0.1) is 5.69 Å². The van der Waals surface area contributed by atoms with Gasteiger partial charge in [-0.1, -0.05) is 26.8 Å². The summed E-state index contributed by atoms with van der Waals surface area (Å²) in [6, 6.07) is 10.4. The van der Waals surface area contributed by atoms with Crippen molar-refractivity contribution in [3.63, 3.8) is 0 Å². The second-order valence-corrected chi connectivity index (χ2v) is 9.77. The Morgan fingerprint density at radius 3 is 2.62 bits per heavy atom. The van der Waals surface area contributed by atoms with E-state index in [1.165, 1.54) is 11.1 Å². The minimum absolute atomic E-state index is 0.101. The van der Waals surface area contributed by atoms with E-state index in [0.29, 0.717) is 23.5 Å². The van der Waals surface area contributed by atoms with Crippen LogP contribution in [-0.2, 0) is 24.8 Å². The summed E-state index contributed by atoms with van der Waals surface area (Å²) < 4.78 is 3.57. The predicted molar refractivity (Wildman–Crippen MR) is 135 cm³/mol. The Balaban J connectivity index is 1.59. The first-order valence-electron chi connectivity index (χ1n) is 11.9. The topological polar surface area (TPSA) is 89.7 Å². The van der Waals surface area contributed by atoms with Crippen LogP contribution < -0.4 is 16.2 Å². The molecule has 0 amide bonds. The number of benzene rings is 1. The molecular formula is C26H31N7O. The molecule has 0 atom stereocenters. The number of nitrogens with zero attached hydrogens (tertiary/aromatic N) is 5. The lowest BCUT2D eigenvalue weighted by atomic mass is 9.91. The van der Waals surface area contributed by atoms with E-state index in [9.17, 15) is 4.79 Å². The lowest BCUT2D eigenvalue weighted by Crippen LogP contribution is -2.22. The summed E-state index contributed by atoms with van der Waals surface area (Å²) in [7, 11) is 0. The first-order valence-corrected chi connectivity index (χ1v) is 11.9. The van der Waals surface area contributed by atoms with Gasteiger partial charge in [0, 0.05) is 35.7 Å². The number of fused-ring (bicyclic) bond motifs is 2.